The third-order valence-electron chi connectivity index (χ3n) is 3.51. The molecule has 2 nitrogen and oxygen atoms in total. The van der Waals surface area contributed by atoms with Gasteiger partial charge in [-0.25, -0.2) is 0 Å². The molecule has 1 amide bonds. The summed E-state index contributed by atoms with van der Waals surface area (Å²) in [5.41, 5.74) is 2.08. The summed E-state index contributed by atoms with van der Waals surface area (Å²) in [5.74, 6) is 0.594. The van der Waals surface area contributed by atoms with Crippen LogP contribution in [0, 0.1) is 5.41 Å². The van der Waals surface area contributed by atoms with Gasteiger partial charge < -0.3 is 5.32 Å². The Labute approximate surface area is 127 Å². The van der Waals surface area contributed by atoms with Crippen molar-refractivity contribution in [3.05, 3.63) is 35.4 Å². The minimum Gasteiger partial charge on any atom is -0.352 e. The first-order valence-electron chi connectivity index (χ1n) is 7.10. The maximum Gasteiger partial charge on any atom is 0.251 e. The van der Waals surface area contributed by atoms with E-state index in [2.05, 4.69) is 39.9 Å². The average molecular weight is 296 g/mol. The van der Waals surface area contributed by atoms with E-state index in [1.165, 1.54) is 5.56 Å². The highest BCUT2D eigenvalue weighted by molar-refractivity contribution is 6.17. The molecule has 0 spiro atoms. The van der Waals surface area contributed by atoms with Crippen LogP contribution in [0.1, 0.15) is 57.0 Å². The monoisotopic (exact) mass is 295 g/mol. The van der Waals surface area contributed by atoms with Crippen molar-refractivity contribution in [2.75, 3.05) is 12.4 Å². The van der Waals surface area contributed by atoms with Crippen molar-refractivity contribution in [3.8, 4) is 0 Å². The van der Waals surface area contributed by atoms with Crippen LogP contribution in [-0.2, 0) is 5.41 Å². The average Bonchev–Trinajstić information content (AvgIpc) is 2.35. The SMILES string of the molecule is CC(C)(CCCl)CNC(=O)c1ccc(C(C)(C)C)cc1. The molecule has 1 rings (SSSR count). The fraction of sp³-hybridized carbons (Fsp3) is 0.588. The molecular formula is C17H26ClNO. The molecule has 0 aliphatic rings. The molecule has 20 heavy (non-hydrogen) atoms. The van der Waals surface area contributed by atoms with E-state index in [0.717, 1.165) is 6.42 Å². The molecule has 112 valence electrons. The van der Waals surface area contributed by atoms with E-state index >= 15 is 0 Å². The summed E-state index contributed by atoms with van der Waals surface area (Å²) in [6, 6.07) is 7.84. The van der Waals surface area contributed by atoms with Gasteiger partial charge in [-0.1, -0.05) is 46.8 Å². The number of alkyl halides is 1. The number of nitrogens with one attached hydrogen (secondary N) is 1. The summed E-state index contributed by atoms with van der Waals surface area (Å²) in [4.78, 5) is 12.1. The van der Waals surface area contributed by atoms with Crippen LogP contribution < -0.4 is 5.32 Å². The van der Waals surface area contributed by atoms with Gasteiger partial charge in [-0.3, -0.25) is 4.79 Å². The first-order chi connectivity index (χ1) is 9.15. The molecule has 0 heterocycles. The zero-order chi connectivity index (χ0) is 15.4. The highest BCUT2D eigenvalue weighted by atomic mass is 35.5. The van der Waals surface area contributed by atoms with Crippen molar-refractivity contribution in [1.82, 2.24) is 5.32 Å². The lowest BCUT2D eigenvalue weighted by molar-refractivity contribution is 0.0936. The third kappa shape index (κ3) is 5.16. The van der Waals surface area contributed by atoms with E-state index in [1.54, 1.807) is 0 Å². The van der Waals surface area contributed by atoms with Crippen LogP contribution >= 0.6 is 11.6 Å². The number of hydrogen-bond donors (Lipinski definition) is 1. The van der Waals surface area contributed by atoms with E-state index in [9.17, 15) is 4.79 Å². The first-order valence-corrected chi connectivity index (χ1v) is 7.64. The fourth-order valence-corrected chi connectivity index (χ4v) is 2.40. The van der Waals surface area contributed by atoms with Crippen molar-refractivity contribution in [3.63, 3.8) is 0 Å². The van der Waals surface area contributed by atoms with Gasteiger partial charge in [0.15, 0.2) is 0 Å². The van der Waals surface area contributed by atoms with Gasteiger partial charge in [0.25, 0.3) is 5.91 Å². The lowest BCUT2D eigenvalue weighted by Crippen LogP contribution is -2.34. The quantitative estimate of drug-likeness (QED) is 0.803. The van der Waals surface area contributed by atoms with Crippen molar-refractivity contribution in [2.45, 2.75) is 46.5 Å². The summed E-state index contributed by atoms with van der Waals surface area (Å²) in [5, 5.41) is 2.98. The molecule has 0 bridgehead atoms. The number of amides is 1. The topological polar surface area (TPSA) is 29.1 Å². The minimum absolute atomic E-state index is 0.0203. The number of halogens is 1. The van der Waals surface area contributed by atoms with Crippen LogP contribution in [0.25, 0.3) is 0 Å². The Morgan fingerprint density at radius 1 is 1.10 bits per heavy atom. The number of rotatable bonds is 5. The van der Waals surface area contributed by atoms with Crippen LogP contribution in [0.3, 0.4) is 0 Å². The van der Waals surface area contributed by atoms with Gasteiger partial charge in [-0.2, -0.15) is 0 Å². The Kier molecular flexibility index (Phi) is 5.64. The van der Waals surface area contributed by atoms with E-state index in [4.69, 9.17) is 11.6 Å². The van der Waals surface area contributed by atoms with Gasteiger partial charge in [0.1, 0.15) is 0 Å². The molecule has 0 saturated carbocycles. The summed E-state index contributed by atoms with van der Waals surface area (Å²) in [6.45, 7) is 11.3. The number of carbonyl (C=O) groups excluding carboxylic acids is 1. The third-order valence-corrected chi connectivity index (χ3v) is 3.70. The molecule has 0 aliphatic carbocycles. The predicted molar refractivity (Wildman–Crippen MR) is 86.6 cm³/mol. The molecular weight excluding hydrogens is 270 g/mol. The molecule has 1 aromatic rings. The maximum atomic E-state index is 12.1. The van der Waals surface area contributed by atoms with Crippen molar-refractivity contribution in [1.29, 1.82) is 0 Å². The van der Waals surface area contributed by atoms with Crippen LogP contribution in [-0.4, -0.2) is 18.3 Å². The fourth-order valence-electron chi connectivity index (χ4n) is 1.89. The number of carbonyl (C=O) groups is 1. The van der Waals surface area contributed by atoms with Crippen molar-refractivity contribution >= 4 is 17.5 Å². The standard InChI is InChI=1S/C17H26ClNO/c1-16(2,3)14-8-6-13(7-9-14)15(20)19-12-17(4,5)10-11-18/h6-9H,10-12H2,1-5H3,(H,19,20). The van der Waals surface area contributed by atoms with Crippen LogP contribution in [0.4, 0.5) is 0 Å². The zero-order valence-corrected chi connectivity index (χ0v) is 14.0. The number of hydrogen-bond acceptors (Lipinski definition) is 1. The largest absolute Gasteiger partial charge is 0.352 e. The molecule has 1 N–H and O–H groups in total. The Morgan fingerprint density at radius 2 is 1.65 bits per heavy atom. The van der Waals surface area contributed by atoms with Gasteiger partial charge >= 0.3 is 0 Å². The van der Waals surface area contributed by atoms with E-state index < -0.39 is 0 Å². The highest BCUT2D eigenvalue weighted by Crippen LogP contribution is 2.22. The Balaban J connectivity index is 2.65. The molecule has 3 heteroatoms. The second-order valence-corrected chi connectivity index (χ2v) is 7.49. The molecule has 0 fully saturated rings. The maximum absolute atomic E-state index is 12.1. The second-order valence-electron chi connectivity index (χ2n) is 7.11. The van der Waals surface area contributed by atoms with Crippen LogP contribution in [0.2, 0.25) is 0 Å². The highest BCUT2D eigenvalue weighted by Gasteiger charge is 2.19. The predicted octanol–water partition coefficient (Wildman–Crippen LogP) is 4.37. The minimum atomic E-state index is -0.0203. The zero-order valence-electron chi connectivity index (χ0n) is 13.2. The van der Waals surface area contributed by atoms with Crippen molar-refractivity contribution in [2.24, 2.45) is 5.41 Å². The summed E-state index contributed by atoms with van der Waals surface area (Å²) < 4.78 is 0. The number of benzene rings is 1. The molecule has 0 unspecified atom stereocenters. The molecule has 0 atom stereocenters. The molecule has 0 aromatic heterocycles. The normalized spacial score (nSPS) is 12.3. The summed E-state index contributed by atoms with van der Waals surface area (Å²) >= 11 is 5.77. The lowest BCUT2D eigenvalue weighted by atomic mass is 9.86. The Hall–Kier alpha value is -1.02. The summed E-state index contributed by atoms with van der Waals surface area (Å²) in [7, 11) is 0. The van der Waals surface area contributed by atoms with Gasteiger partial charge in [0.05, 0.1) is 0 Å². The first kappa shape index (κ1) is 17.0. The van der Waals surface area contributed by atoms with E-state index in [-0.39, 0.29) is 16.7 Å². The smallest absolute Gasteiger partial charge is 0.251 e. The van der Waals surface area contributed by atoms with Gasteiger partial charge in [-0.15, -0.1) is 11.6 Å². The van der Waals surface area contributed by atoms with Gasteiger partial charge in [0, 0.05) is 18.0 Å². The van der Waals surface area contributed by atoms with E-state index in [1.807, 2.05) is 24.3 Å². The second kappa shape index (κ2) is 6.62. The Bertz CT molecular complexity index is 443. The molecule has 0 aliphatic heterocycles. The Morgan fingerprint density at radius 3 is 2.10 bits per heavy atom. The molecule has 0 radical (unpaired) electrons. The van der Waals surface area contributed by atoms with Gasteiger partial charge in [-0.05, 0) is 34.9 Å². The summed E-state index contributed by atoms with van der Waals surface area (Å²) in [6.07, 6.45) is 0.887. The van der Waals surface area contributed by atoms with Crippen molar-refractivity contribution < 1.29 is 4.79 Å². The van der Waals surface area contributed by atoms with Crippen LogP contribution in [0.5, 0.6) is 0 Å². The van der Waals surface area contributed by atoms with Crippen LogP contribution in [0.15, 0.2) is 24.3 Å². The lowest BCUT2D eigenvalue weighted by Gasteiger charge is -2.24. The van der Waals surface area contributed by atoms with Gasteiger partial charge in [0.2, 0.25) is 0 Å². The molecule has 0 saturated heterocycles. The van der Waals surface area contributed by atoms with E-state index in [0.29, 0.717) is 18.0 Å². The molecule has 1 aromatic carbocycles.